The molecule has 1 atom stereocenters. The van der Waals surface area contributed by atoms with Crippen molar-refractivity contribution in [3.8, 4) is 17.5 Å². The van der Waals surface area contributed by atoms with E-state index in [0.717, 1.165) is 18.4 Å². The molecule has 1 aromatic carbocycles. The van der Waals surface area contributed by atoms with Crippen LogP contribution >= 0.6 is 11.8 Å². The summed E-state index contributed by atoms with van der Waals surface area (Å²) in [6, 6.07) is 7.85. The predicted molar refractivity (Wildman–Crippen MR) is 103 cm³/mol. The van der Waals surface area contributed by atoms with Gasteiger partial charge in [-0.05, 0) is 44.0 Å². The van der Waals surface area contributed by atoms with Crippen LogP contribution in [-0.2, 0) is 16.1 Å². The number of benzene rings is 1. The van der Waals surface area contributed by atoms with Gasteiger partial charge in [0.25, 0.3) is 0 Å². The highest BCUT2D eigenvalue weighted by molar-refractivity contribution is 7.99. The second-order valence-electron chi connectivity index (χ2n) is 6.44. The van der Waals surface area contributed by atoms with Gasteiger partial charge in [0.05, 0.1) is 18.4 Å². The molecule has 2 aromatic rings. The predicted octanol–water partition coefficient (Wildman–Crippen LogP) is 2.68. The molecule has 0 radical (unpaired) electrons. The minimum atomic E-state index is -0.359. The van der Waals surface area contributed by atoms with Crippen molar-refractivity contribution in [3.63, 3.8) is 0 Å². The van der Waals surface area contributed by atoms with E-state index in [1.54, 1.807) is 12.1 Å². The molecule has 2 heterocycles. The molecule has 0 spiro atoms. The van der Waals surface area contributed by atoms with Crippen LogP contribution in [0.4, 0.5) is 4.39 Å². The topological polar surface area (TPSA) is 107 Å². The molecule has 1 aliphatic heterocycles. The fourth-order valence-corrected chi connectivity index (χ4v) is 3.76. The first-order valence-electron chi connectivity index (χ1n) is 8.82. The average Bonchev–Trinajstić information content (AvgIpc) is 3.31. The van der Waals surface area contributed by atoms with Crippen molar-refractivity contribution in [1.82, 2.24) is 14.8 Å². The molecule has 0 aliphatic carbocycles. The normalized spacial score (nSPS) is 17.2. The summed E-state index contributed by atoms with van der Waals surface area (Å²) in [4.78, 5) is 12.3. The zero-order valence-corrected chi connectivity index (χ0v) is 16.2. The summed E-state index contributed by atoms with van der Waals surface area (Å²) in [6.07, 6.45) is 1.95. The molecule has 146 valence electrons. The van der Waals surface area contributed by atoms with Crippen LogP contribution in [0.25, 0.3) is 11.4 Å². The molecule has 3 rings (SSSR count). The second-order valence-corrected chi connectivity index (χ2v) is 7.38. The van der Waals surface area contributed by atoms with Crippen LogP contribution in [0.5, 0.6) is 0 Å². The van der Waals surface area contributed by atoms with E-state index >= 15 is 0 Å². The maximum atomic E-state index is 13.3. The van der Waals surface area contributed by atoms with Crippen molar-refractivity contribution in [2.75, 3.05) is 12.4 Å². The number of allylic oxidation sites excluding steroid dienone is 2. The van der Waals surface area contributed by atoms with Crippen LogP contribution in [0.2, 0.25) is 0 Å². The molecule has 9 heteroatoms. The van der Waals surface area contributed by atoms with Gasteiger partial charge in [-0.25, -0.2) is 4.39 Å². The van der Waals surface area contributed by atoms with Gasteiger partial charge in [-0.3, -0.25) is 9.36 Å². The molecule has 7 nitrogen and oxygen atoms in total. The van der Waals surface area contributed by atoms with Crippen LogP contribution in [0, 0.1) is 17.1 Å². The Morgan fingerprint density at radius 3 is 2.79 bits per heavy atom. The number of Topliss-reactive ketones (excluding diaryl/α,β-unsaturated/α-hetero) is 1. The number of ketones is 1. The SMILES string of the molecule is C/C(N)=C(/C#N)C(=O)CSc1nnc(-c2ccc(F)cc2)n1CC1CCCO1. The maximum Gasteiger partial charge on any atom is 0.192 e. The standard InChI is InChI=1S/C19H20FN5O2S/c1-12(22)16(9-21)17(26)11-28-19-24-23-18(13-4-6-14(20)7-5-13)25(19)10-15-3-2-8-27-15/h4-7,15H,2-3,8,10-11,22H2,1H3/b16-12+. The van der Waals surface area contributed by atoms with Gasteiger partial charge < -0.3 is 10.5 Å². The third kappa shape index (κ3) is 4.58. The lowest BCUT2D eigenvalue weighted by Crippen LogP contribution is -2.17. The summed E-state index contributed by atoms with van der Waals surface area (Å²) in [5.74, 6) is -0.0917. The molecule has 1 aromatic heterocycles. The van der Waals surface area contributed by atoms with Gasteiger partial charge in [0.2, 0.25) is 0 Å². The Balaban J connectivity index is 1.86. The lowest BCUT2D eigenvalue weighted by atomic mass is 10.2. The van der Waals surface area contributed by atoms with Gasteiger partial charge >= 0.3 is 0 Å². The highest BCUT2D eigenvalue weighted by Crippen LogP contribution is 2.27. The van der Waals surface area contributed by atoms with Crippen LogP contribution < -0.4 is 5.73 Å². The Hall–Kier alpha value is -2.70. The summed E-state index contributed by atoms with van der Waals surface area (Å²) < 4.78 is 20.9. The number of hydrogen-bond donors (Lipinski definition) is 1. The first-order chi connectivity index (χ1) is 13.5. The van der Waals surface area contributed by atoms with E-state index in [9.17, 15) is 9.18 Å². The van der Waals surface area contributed by atoms with E-state index in [2.05, 4.69) is 10.2 Å². The molecular formula is C19H20FN5O2S. The molecule has 0 bridgehead atoms. The van der Waals surface area contributed by atoms with E-state index < -0.39 is 0 Å². The average molecular weight is 401 g/mol. The maximum absolute atomic E-state index is 13.3. The minimum absolute atomic E-state index is 0.0184. The summed E-state index contributed by atoms with van der Waals surface area (Å²) >= 11 is 1.19. The monoisotopic (exact) mass is 401 g/mol. The smallest absolute Gasteiger partial charge is 0.192 e. The number of thioether (sulfide) groups is 1. The summed E-state index contributed by atoms with van der Waals surface area (Å²) in [5.41, 5.74) is 6.47. The van der Waals surface area contributed by atoms with E-state index in [0.29, 0.717) is 24.1 Å². The number of carbonyl (C=O) groups excluding carboxylic acids is 1. The number of ether oxygens (including phenoxy) is 1. The number of halogens is 1. The lowest BCUT2D eigenvalue weighted by Gasteiger charge is -2.14. The van der Waals surface area contributed by atoms with Crippen molar-refractivity contribution < 1.29 is 13.9 Å². The van der Waals surface area contributed by atoms with Crippen molar-refractivity contribution in [3.05, 3.63) is 41.4 Å². The summed E-state index contributed by atoms with van der Waals surface area (Å²) in [6.45, 7) is 2.77. The molecule has 1 unspecified atom stereocenters. The molecule has 0 saturated carbocycles. The van der Waals surface area contributed by atoms with Crippen LogP contribution in [0.1, 0.15) is 19.8 Å². The highest BCUT2D eigenvalue weighted by atomic mass is 32.2. The Labute approximate surface area is 166 Å². The van der Waals surface area contributed by atoms with Gasteiger partial charge in [-0.1, -0.05) is 11.8 Å². The largest absolute Gasteiger partial charge is 0.401 e. The Morgan fingerprint density at radius 2 is 2.18 bits per heavy atom. The molecule has 0 amide bonds. The number of nitrogens with zero attached hydrogens (tertiary/aromatic N) is 4. The molecule has 1 aliphatic rings. The first kappa shape index (κ1) is 20.0. The Morgan fingerprint density at radius 1 is 1.43 bits per heavy atom. The Kier molecular flexibility index (Phi) is 6.44. The zero-order valence-electron chi connectivity index (χ0n) is 15.4. The van der Waals surface area contributed by atoms with Crippen molar-refractivity contribution >= 4 is 17.5 Å². The van der Waals surface area contributed by atoms with E-state index in [4.69, 9.17) is 15.7 Å². The number of carbonyl (C=O) groups is 1. The minimum Gasteiger partial charge on any atom is -0.401 e. The van der Waals surface area contributed by atoms with Crippen LogP contribution in [0.15, 0.2) is 40.7 Å². The first-order valence-corrected chi connectivity index (χ1v) is 9.81. The quantitative estimate of drug-likeness (QED) is 0.432. The van der Waals surface area contributed by atoms with Gasteiger partial charge in [-0.2, -0.15) is 5.26 Å². The van der Waals surface area contributed by atoms with Crippen LogP contribution in [0.3, 0.4) is 0 Å². The molecular weight excluding hydrogens is 381 g/mol. The van der Waals surface area contributed by atoms with Gasteiger partial charge in [0.15, 0.2) is 16.8 Å². The van der Waals surface area contributed by atoms with E-state index in [1.165, 1.54) is 30.8 Å². The third-order valence-electron chi connectivity index (χ3n) is 4.35. The van der Waals surface area contributed by atoms with Gasteiger partial charge in [-0.15, -0.1) is 10.2 Å². The lowest BCUT2D eigenvalue weighted by molar-refractivity contribution is -0.112. The number of aromatic nitrogens is 3. The van der Waals surface area contributed by atoms with E-state index in [-0.39, 0.29) is 34.7 Å². The van der Waals surface area contributed by atoms with Gasteiger partial charge in [0.1, 0.15) is 17.5 Å². The molecule has 1 fully saturated rings. The fourth-order valence-electron chi connectivity index (χ4n) is 2.94. The number of nitriles is 1. The zero-order chi connectivity index (χ0) is 20.1. The molecule has 2 N–H and O–H groups in total. The summed E-state index contributed by atoms with van der Waals surface area (Å²) in [7, 11) is 0. The number of hydrogen-bond acceptors (Lipinski definition) is 7. The van der Waals surface area contributed by atoms with Crippen LogP contribution in [-0.4, -0.2) is 39.0 Å². The van der Waals surface area contributed by atoms with Crippen molar-refractivity contribution in [2.45, 2.75) is 37.6 Å². The molecule has 1 saturated heterocycles. The summed E-state index contributed by atoms with van der Waals surface area (Å²) in [5, 5.41) is 18.1. The fraction of sp³-hybridized carbons (Fsp3) is 0.368. The molecule has 28 heavy (non-hydrogen) atoms. The highest BCUT2D eigenvalue weighted by Gasteiger charge is 2.23. The third-order valence-corrected chi connectivity index (χ3v) is 5.31. The van der Waals surface area contributed by atoms with E-state index in [1.807, 2.05) is 10.6 Å². The van der Waals surface area contributed by atoms with Gasteiger partial charge in [0, 0.05) is 17.9 Å². The van der Waals surface area contributed by atoms with Crippen molar-refractivity contribution in [2.24, 2.45) is 5.73 Å². The Bertz CT molecular complexity index is 923. The number of rotatable bonds is 7. The number of nitrogens with two attached hydrogens (primary N) is 1. The van der Waals surface area contributed by atoms with Crippen molar-refractivity contribution in [1.29, 1.82) is 5.26 Å². The second kappa shape index (κ2) is 8.99.